The number of aromatic nitrogens is 2. The van der Waals surface area contributed by atoms with E-state index in [2.05, 4.69) is 15.7 Å². The molecule has 0 unspecified atom stereocenters. The molecule has 1 heterocycles. The Morgan fingerprint density at radius 1 is 1.03 bits per heavy atom. The van der Waals surface area contributed by atoms with Crippen LogP contribution in [0.2, 0.25) is 0 Å². The van der Waals surface area contributed by atoms with Crippen LogP contribution in [0.15, 0.2) is 73.1 Å². The fourth-order valence-corrected chi connectivity index (χ4v) is 2.99. The van der Waals surface area contributed by atoms with Gasteiger partial charge in [0.2, 0.25) is 5.91 Å². The zero-order valence-electron chi connectivity index (χ0n) is 16.7. The van der Waals surface area contributed by atoms with Crippen molar-refractivity contribution < 1.29 is 9.59 Å². The number of amides is 2. The molecule has 0 aliphatic rings. The molecule has 0 spiro atoms. The van der Waals surface area contributed by atoms with Crippen LogP contribution in [0, 0.1) is 5.92 Å². The molecule has 0 aliphatic carbocycles. The van der Waals surface area contributed by atoms with Crippen LogP contribution in [-0.4, -0.2) is 27.6 Å². The van der Waals surface area contributed by atoms with Crippen molar-refractivity contribution in [3.8, 4) is 5.69 Å². The highest BCUT2D eigenvalue weighted by molar-refractivity contribution is 5.97. The van der Waals surface area contributed by atoms with Gasteiger partial charge in [-0.15, -0.1) is 0 Å². The lowest BCUT2D eigenvalue weighted by molar-refractivity contribution is -0.124. The number of hydrogen-bond acceptors (Lipinski definition) is 3. The normalized spacial score (nSPS) is 12.8. The van der Waals surface area contributed by atoms with Crippen LogP contribution in [0.5, 0.6) is 0 Å². The summed E-state index contributed by atoms with van der Waals surface area (Å²) in [7, 11) is 0. The smallest absolute Gasteiger partial charge is 0.251 e. The van der Waals surface area contributed by atoms with Gasteiger partial charge in [0, 0.05) is 23.9 Å². The van der Waals surface area contributed by atoms with E-state index < -0.39 is 6.04 Å². The number of carbonyl (C=O) groups is 2. The van der Waals surface area contributed by atoms with E-state index in [0.717, 1.165) is 17.7 Å². The quantitative estimate of drug-likeness (QED) is 0.619. The Morgan fingerprint density at radius 2 is 1.69 bits per heavy atom. The SMILES string of the molecule is CC[C@H](C)[C@@H](NC(=O)c1ccccc1)C(=O)NCc1cnn(-c2ccccc2)c1. The molecule has 0 bridgehead atoms. The molecule has 2 aromatic carbocycles. The van der Waals surface area contributed by atoms with Crippen LogP contribution in [0.3, 0.4) is 0 Å². The van der Waals surface area contributed by atoms with Gasteiger partial charge in [-0.25, -0.2) is 4.68 Å². The lowest BCUT2D eigenvalue weighted by Gasteiger charge is -2.23. The summed E-state index contributed by atoms with van der Waals surface area (Å²) in [6, 6.07) is 18.1. The number of nitrogens with zero attached hydrogens (tertiary/aromatic N) is 2. The molecular formula is C23H26N4O2. The Bertz CT molecular complexity index is 938. The summed E-state index contributed by atoms with van der Waals surface area (Å²) >= 11 is 0. The molecule has 150 valence electrons. The third-order valence-electron chi connectivity index (χ3n) is 4.94. The number of para-hydroxylation sites is 1. The molecule has 0 radical (unpaired) electrons. The second-order valence-corrected chi connectivity index (χ2v) is 7.05. The van der Waals surface area contributed by atoms with Crippen molar-refractivity contribution in [1.29, 1.82) is 0 Å². The van der Waals surface area contributed by atoms with Crippen molar-refractivity contribution in [1.82, 2.24) is 20.4 Å². The Hall–Kier alpha value is -3.41. The van der Waals surface area contributed by atoms with Gasteiger partial charge in [-0.2, -0.15) is 5.10 Å². The molecular weight excluding hydrogens is 364 g/mol. The largest absolute Gasteiger partial charge is 0.350 e. The molecule has 6 heteroatoms. The Morgan fingerprint density at radius 3 is 2.34 bits per heavy atom. The van der Waals surface area contributed by atoms with E-state index in [1.165, 1.54) is 0 Å². The molecule has 0 saturated heterocycles. The lowest BCUT2D eigenvalue weighted by Crippen LogP contribution is -2.50. The summed E-state index contributed by atoms with van der Waals surface area (Å²) in [5.74, 6) is -0.436. The summed E-state index contributed by atoms with van der Waals surface area (Å²) in [6.07, 6.45) is 4.39. The summed E-state index contributed by atoms with van der Waals surface area (Å²) in [4.78, 5) is 25.3. The van der Waals surface area contributed by atoms with Crippen LogP contribution in [-0.2, 0) is 11.3 Å². The Balaban J connectivity index is 1.63. The number of nitrogens with one attached hydrogen (secondary N) is 2. The van der Waals surface area contributed by atoms with Crippen LogP contribution in [0.4, 0.5) is 0 Å². The fraction of sp³-hybridized carbons (Fsp3) is 0.261. The minimum Gasteiger partial charge on any atom is -0.350 e. The number of rotatable bonds is 8. The zero-order chi connectivity index (χ0) is 20.6. The number of benzene rings is 2. The maximum Gasteiger partial charge on any atom is 0.251 e. The Kier molecular flexibility index (Phi) is 6.79. The van der Waals surface area contributed by atoms with E-state index in [1.807, 2.05) is 56.4 Å². The summed E-state index contributed by atoms with van der Waals surface area (Å²) in [5, 5.41) is 10.2. The summed E-state index contributed by atoms with van der Waals surface area (Å²) < 4.78 is 1.77. The van der Waals surface area contributed by atoms with Crippen molar-refractivity contribution >= 4 is 11.8 Å². The van der Waals surface area contributed by atoms with Crippen LogP contribution >= 0.6 is 0 Å². The molecule has 3 rings (SSSR count). The van der Waals surface area contributed by atoms with Gasteiger partial charge in [0.1, 0.15) is 6.04 Å². The number of carbonyl (C=O) groups excluding carboxylic acids is 2. The minimum atomic E-state index is -0.600. The van der Waals surface area contributed by atoms with Crippen LogP contribution in [0.25, 0.3) is 5.69 Å². The van der Waals surface area contributed by atoms with E-state index in [1.54, 1.807) is 35.1 Å². The second-order valence-electron chi connectivity index (χ2n) is 7.05. The second kappa shape index (κ2) is 9.68. The molecule has 0 aliphatic heterocycles. The highest BCUT2D eigenvalue weighted by Gasteiger charge is 2.26. The Labute approximate surface area is 170 Å². The predicted octanol–water partition coefficient (Wildman–Crippen LogP) is 3.33. The van der Waals surface area contributed by atoms with Gasteiger partial charge in [-0.3, -0.25) is 9.59 Å². The molecule has 29 heavy (non-hydrogen) atoms. The van der Waals surface area contributed by atoms with E-state index in [-0.39, 0.29) is 17.7 Å². The molecule has 0 fully saturated rings. The van der Waals surface area contributed by atoms with E-state index in [4.69, 9.17) is 0 Å². The molecule has 0 saturated carbocycles. The van der Waals surface area contributed by atoms with Crippen LogP contribution in [0.1, 0.15) is 36.2 Å². The van der Waals surface area contributed by atoms with Gasteiger partial charge in [0.25, 0.3) is 5.91 Å². The van der Waals surface area contributed by atoms with Gasteiger partial charge in [-0.1, -0.05) is 56.7 Å². The van der Waals surface area contributed by atoms with E-state index >= 15 is 0 Å². The third-order valence-corrected chi connectivity index (χ3v) is 4.94. The first-order valence-electron chi connectivity index (χ1n) is 9.81. The van der Waals surface area contributed by atoms with Crippen molar-refractivity contribution in [2.75, 3.05) is 0 Å². The average Bonchev–Trinajstić information content (AvgIpc) is 3.25. The van der Waals surface area contributed by atoms with Crippen molar-refractivity contribution in [2.24, 2.45) is 5.92 Å². The van der Waals surface area contributed by atoms with Gasteiger partial charge in [-0.05, 0) is 30.2 Å². The molecule has 2 amide bonds. The molecule has 1 aromatic heterocycles. The highest BCUT2D eigenvalue weighted by Crippen LogP contribution is 2.11. The predicted molar refractivity (Wildman–Crippen MR) is 113 cm³/mol. The summed E-state index contributed by atoms with van der Waals surface area (Å²) in [5.41, 5.74) is 2.38. The standard InChI is InChI=1S/C23H26N4O2/c1-3-17(2)21(26-22(28)19-10-6-4-7-11-19)23(29)24-14-18-15-25-27(16-18)20-12-8-5-9-13-20/h4-13,15-17,21H,3,14H2,1-2H3,(H,24,29)(H,26,28)/t17-,21+/m0/s1. The monoisotopic (exact) mass is 390 g/mol. The molecule has 2 atom stereocenters. The minimum absolute atomic E-state index is 0.00899. The van der Waals surface area contributed by atoms with Gasteiger partial charge < -0.3 is 10.6 Å². The summed E-state index contributed by atoms with van der Waals surface area (Å²) in [6.45, 7) is 4.31. The molecule has 6 nitrogen and oxygen atoms in total. The molecule has 3 aromatic rings. The maximum atomic E-state index is 12.8. The first kappa shape index (κ1) is 20.3. The average molecular weight is 390 g/mol. The topological polar surface area (TPSA) is 76.0 Å². The third kappa shape index (κ3) is 5.31. The van der Waals surface area contributed by atoms with Gasteiger partial charge in [0.15, 0.2) is 0 Å². The van der Waals surface area contributed by atoms with Crippen molar-refractivity contribution in [3.63, 3.8) is 0 Å². The van der Waals surface area contributed by atoms with Gasteiger partial charge >= 0.3 is 0 Å². The van der Waals surface area contributed by atoms with Crippen molar-refractivity contribution in [3.05, 3.63) is 84.2 Å². The highest BCUT2D eigenvalue weighted by atomic mass is 16.2. The fourth-order valence-electron chi connectivity index (χ4n) is 2.99. The zero-order valence-corrected chi connectivity index (χ0v) is 16.7. The maximum absolute atomic E-state index is 12.8. The van der Waals surface area contributed by atoms with E-state index in [9.17, 15) is 9.59 Å². The van der Waals surface area contributed by atoms with Crippen molar-refractivity contribution in [2.45, 2.75) is 32.9 Å². The van der Waals surface area contributed by atoms with Gasteiger partial charge in [0.05, 0.1) is 11.9 Å². The molecule has 2 N–H and O–H groups in total. The number of hydrogen-bond donors (Lipinski definition) is 2. The van der Waals surface area contributed by atoms with E-state index in [0.29, 0.717) is 12.1 Å². The first-order chi connectivity index (χ1) is 14.1. The lowest BCUT2D eigenvalue weighted by atomic mass is 9.97. The van der Waals surface area contributed by atoms with Crippen LogP contribution < -0.4 is 10.6 Å². The first-order valence-corrected chi connectivity index (χ1v) is 9.81.